The van der Waals surface area contributed by atoms with Gasteiger partial charge < -0.3 is 19.6 Å². The summed E-state index contributed by atoms with van der Waals surface area (Å²) in [6.45, 7) is 6.42. The molecule has 0 aliphatic carbocycles. The molecule has 158 valence electrons. The van der Waals surface area contributed by atoms with E-state index >= 15 is 0 Å². The maximum absolute atomic E-state index is 11.6. The molecule has 2 amide bonds. The number of nitrogens with one attached hydrogen (secondary N) is 3. The number of rotatable bonds is 6. The highest BCUT2D eigenvalue weighted by Gasteiger charge is 2.23. The number of hydrogen-bond acceptors (Lipinski definition) is 6. The highest BCUT2D eigenvalue weighted by Crippen LogP contribution is 2.29. The number of aromatic nitrogens is 4. The number of anilines is 2. The molecule has 0 unspecified atom stereocenters. The molecule has 30 heavy (non-hydrogen) atoms. The Morgan fingerprint density at radius 2 is 2.13 bits per heavy atom. The number of aromatic amines is 1. The molecule has 4 rings (SSSR count). The lowest BCUT2D eigenvalue weighted by molar-refractivity contribution is 0.252. The Labute approximate surface area is 175 Å². The lowest BCUT2D eigenvalue weighted by atomic mass is 9.92. The van der Waals surface area contributed by atoms with E-state index in [0.717, 1.165) is 55.3 Å². The van der Waals surface area contributed by atoms with Crippen molar-refractivity contribution in [2.24, 2.45) is 5.92 Å². The minimum atomic E-state index is -0.304. The summed E-state index contributed by atoms with van der Waals surface area (Å²) in [5, 5.41) is 5.26. The monoisotopic (exact) mass is 409 g/mol. The lowest BCUT2D eigenvalue weighted by Crippen LogP contribution is -2.34. The summed E-state index contributed by atoms with van der Waals surface area (Å²) in [7, 11) is 0. The Morgan fingerprint density at radius 3 is 2.83 bits per heavy atom. The van der Waals surface area contributed by atoms with Crippen molar-refractivity contribution >= 4 is 17.7 Å². The number of oxazole rings is 1. The molecule has 3 aromatic rings. The molecule has 0 spiro atoms. The van der Waals surface area contributed by atoms with Crippen LogP contribution >= 0.6 is 0 Å². The van der Waals surface area contributed by atoms with E-state index in [2.05, 4.69) is 36.6 Å². The van der Waals surface area contributed by atoms with Gasteiger partial charge in [-0.15, -0.1) is 0 Å². The van der Waals surface area contributed by atoms with Crippen LogP contribution in [0.1, 0.15) is 31.2 Å². The Kier molecular flexibility index (Phi) is 5.97. The van der Waals surface area contributed by atoms with E-state index in [1.54, 1.807) is 18.6 Å². The van der Waals surface area contributed by atoms with E-state index in [-0.39, 0.29) is 12.0 Å². The summed E-state index contributed by atoms with van der Waals surface area (Å²) in [6, 6.07) is 4.09. The first-order chi connectivity index (χ1) is 14.6. The lowest BCUT2D eigenvalue weighted by Gasteiger charge is -2.34. The van der Waals surface area contributed by atoms with E-state index in [1.165, 1.54) is 5.69 Å². The van der Waals surface area contributed by atoms with Crippen molar-refractivity contribution in [3.8, 4) is 11.5 Å². The summed E-state index contributed by atoms with van der Waals surface area (Å²) >= 11 is 0. The summed E-state index contributed by atoms with van der Waals surface area (Å²) in [5.41, 5.74) is 3.05. The normalized spacial score (nSPS) is 14.7. The van der Waals surface area contributed by atoms with Crippen molar-refractivity contribution in [2.45, 2.75) is 33.1 Å². The second-order valence-corrected chi connectivity index (χ2v) is 7.49. The number of urea groups is 1. The standard InChI is InChI=1S/C21H27N7O2/c1-3-22-20(29)27-21-25-13-16(30-21)12-15-6-10-28(11-7-15)18-5-4-17(26-14(18)2)19-23-8-9-24-19/h4-5,8-9,13,15H,3,6-7,10-12H2,1-2H3,(H,23,24)(H2,22,25,27,29). The fourth-order valence-corrected chi connectivity index (χ4v) is 3.85. The molecule has 0 radical (unpaired) electrons. The summed E-state index contributed by atoms with van der Waals surface area (Å²) in [5.74, 6) is 2.12. The number of carbonyl (C=O) groups excluding carboxylic acids is 1. The third-order valence-electron chi connectivity index (χ3n) is 5.36. The van der Waals surface area contributed by atoms with E-state index in [1.807, 2.05) is 19.9 Å². The minimum absolute atomic E-state index is 0.242. The number of carbonyl (C=O) groups is 1. The zero-order chi connectivity index (χ0) is 20.9. The second kappa shape index (κ2) is 8.98. The molecule has 9 nitrogen and oxygen atoms in total. The predicted molar refractivity (Wildman–Crippen MR) is 114 cm³/mol. The number of H-pyrrole nitrogens is 1. The summed E-state index contributed by atoms with van der Waals surface area (Å²) in [6.07, 6.45) is 8.21. The van der Waals surface area contributed by atoms with Gasteiger partial charge in [0, 0.05) is 38.4 Å². The number of hydrogen-bond donors (Lipinski definition) is 3. The van der Waals surface area contributed by atoms with Gasteiger partial charge >= 0.3 is 12.0 Å². The molecule has 4 heterocycles. The predicted octanol–water partition coefficient (Wildman–Crippen LogP) is 3.37. The van der Waals surface area contributed by atoms with Crippen LogP contribution in [0.4, 0.5) is 16.5 Å². The van der Waals surface area contributed by atoms with Crippen LogP contribution in [0.3, 0.4) is 0 Å². The van der Waals surface area contributed by atoms with Gasteiger partial charge in [0.05, 0.1) is 17.6 Å². The number of pyridine rings is 1. The maximum Gasteiger partial charge on any atom is 0.322 e. The van der Waals surface area contributed by atoms with Gasteiger partial charge in [0.1, 0.15) is 11.5 Å². The zero-order valence-corrected chi connectivity index (χ0v) is 17.3. The molecule has 0 saturated carbocycles. The number of amides is 2. The van der Waals surface area contributed by atoms with Gasteiger partial charge in [0.25, 0.3) is 0 Å². The maximum atomic E-state index is 11.6. The van der Waals surface area contributed by atoms with Crippen LogP contribution in [-0.4, -0.2) is 45.6 Å². The molecular formula is C21H27N7O2. The SMILES string of the molecule is CCNC(=O)Nc1ncc(CC2CCN(c3ccc(-c4ncc[nH]4)nc3C)CC2)o1. The van der Waals surface area contributed by atoms with Gasteiger partial charge in [-0.3, -0.25) is 5.32 Å². The van der Waals surface area contributed by atoms with Crippen LogP contribution in [-0.2, 0) is 6.42 Å². The van der Waals surface area contributed by atoms with Gasteiger partial charge in [-0.1, -0.05) is 0 Å². The molecule has 0 bridgehead atoms. The molecular weight excluding hydrogens is 382 g/mol. The Bertz CT molecular complexity index is 975. The van der Waals surface area contributed by atoms with Gasteiger partial charge in [-0.2, -0.15) is 0 Å². The number of imidazole rings is 1. The topological polar surface area (TPSA) is 112 Å². The van der Waals surface area contributed by atoms with E-state index in [4.69, 9.17) is 9.40 Å². The van der Waals surface area contributed by atoms with Crippen LogP contribution in [0.5, 0.6) is 0 Å². The zero-order valence-electron chi connectivity index (χ0n) is 17.3. The van der Waals surface area contributed by atoms with Crippen molar-refractivity contribution in [3.63, 3.8) is 0 Å². The molecule has 1 aliphatic heterocycles. The van der Waals surface area contributed by atoms with Crippen molar-refractivity contribution in [1.29, 1.82) is 0 Å². The van der Waals surface area contributed by atoms with Crippen molar-refractivity contribution in [3.05, 3.63) is 42.2 Å². The van der Waals surface area contributed by atoms with Crippen LogP contribution < -0.4 is 15.5 Å². The number of piperidine rings is 1. The Balaban J connectivity index is 1.31. The molecule has 3 aromatic heterocycles. The van der Waals surface area contributed by atoms with Crippen molar-refractivity contribution in [2.75, 3.05) is 29.9 Å². The molecule has 1 fully saturated rings. The van der Waals surface area contributed by atoms with Crippen molar-refractivity contribution < 1.29 is 9.21 Å². The third kappa shape index (κ3) is 4.61. The third-order valence-corrected chi connectivity index (χ3v) is 5.36. The smallest absolute Gasteiger partial charge is 0.322 e. The summed E-state index contributed by atoms with van der Waals surface area (Å²) < 4.78 is 5.67. The van der Waals surface area contributed by atoms with Gasteiger partial charge in [-0.05, 0) is 44.7 Å². The van der Waals surface area contributed by atoms with Crippen LogP contribution in [0.15, 0.2) is 35.1 Å². The van der Waals surface area contributed by atoms with E-state index in [9.17, 15) is 4.79 Å². The molecule has 0 atom stereocenters. The van der Waals surface area contributed by atoms with Gasteiger partial charge in [-0.25, -0.2) is 19.7 Å². The minimum Gasteiger partial charge on any atom is -0.428 e. The number of nitrogens with zero attached hydrogens (tertiary/aromatic N) is 4. The molecule has 1 saturated heterocycles. The first-order valence-electron chi connectivity index (χ1n) is 10.3. The average molecular weight is 409 g/mol. The molecule has 0 aromatic carbocycles. The highest BCUT2D eigenvalue weighted by molar-refractivity contribution is 5.86. The number of aryl methyl sites for hydroxylation is 1. The fourth-order valence-electron chi connectivity index (χ4n) is 3.85. The van der Waals surface area contributed by atoms with Crippen LogP contribution in [0, 0.1) is 12.8 Å². The summed E-state index contributed by atoms with van der Waals surface area (Å²) in [4.78, 5) is 30.2. The Hall–Kier alpha value is -3.36. The van der Waals surface area contributed by atoms with Crippen LogP contribution in [0.25, 0.3) is 11.5 Å². The van der Waals surface area contributed by atoms with Gasteiger partial charge in [0.2, 0.25) is 0 Å². The average Bonchev–Trinajstić information content (AvgIpc) is 3.41. The molecule has 3 N–H and O–H groups in total. The molecule has 9 heteroatoms. The Morgan fingerprint density at radius 1 is 1.30 bits per heavy atom. The van der Waals surface area contributed by atoms with Gasteiger partial charge in [0.15, 0.2) is 5.82 Å². The highest BCUT2D eigenvalue weighted by atomic mass is 16.4. The first kappa shape index (κ1) is 19.9. The molecule has 1 aliphatic rings. The van der Waals surface area contributed by atoms with E-state index in [0.29, 0.717) is 12.5 Å². The fraction of sp³-hybridized carbons (Fsp3) is 0.429. The van der Waals surface area contributed by atoms with Crippen molar-refractivity contribution in [1.82, 2.24) is 25.3 Å². The first-order valence-corrected chi connectivity index (χ1v) is 10.3. The van der Waals surface area contributed by atoms with Crippen LogP contribution in [0.2, 0.25) is 0 Å². The largest absolute Gasteiger partial charge is 0.428 e. The second-order valence-electron chi connectivity index (χ2n) is 7.49. The quantitative estimate of drug-likeness (QED) is 0.575. The van der Waals surface area contributed by atoms with E-state index < -0.39 is 0 Å².